The number of carbonyl (C=O) groups excluding carboxylic acids is 1. The molecule has 13 heteroatoms. The summed E-state index contributed by atoms with van der Waals surface area (Å²) in [6.07, 6.45) is 2.30. The van der Waals surface area contributed by atoms with E-state index in [1.54, 1.807) is 17.0 Å². The largest absolute Gasteiger partial charge is 0.493 e. The normalized spacial score (nSPS) is 16.2. The number of nitrogens with zero attached hydrogens (tertiary/aromatic N) is 2. The molecule has 2 heterocycles. The van der Waals surface area contributed by atoms with E-state index < -0.39 is 5.97 Å². The smallest absolute Gasteiger partial charge is 0.335 e. The van der Waals surface area contributed by atoms with Gasteiger partial charge in [0.2, 0.25) is 0 Å². The van der Waals surface area contributed by atoms with Crippen LogP contribution in [0.2, 0.25) is 10.0 Å². The summed E-state index contributed by atoms with van der Waals surface area (Å²) in [6.45, 7) is 5.01. The van der Waals surface area contributed by atoms with E-state index >= 15 is 0 Å². The second-order valence-electron chi connectivity index (χ2n) is 10.4. The van der Waals surface area contributed by atoms with E-state index in [4.69, 9.17) is 54.4 Å². The van der Waals surface area contributed by atoms with Crippen LogP contribution in [0.5, 0.6) is 17.2 Å². The lowest BCUT2D eigenvalue weighted by Gasteiger charge is -2.26. The standard InChI is InChI=1S/C33H32Cl2N2O7S2/c1-41-29-18-22(32(39)40)4-6-28(29)43-11-2-7-37-31(38)30(46-33(37)45)19-24-15-21(23-16-25(34)20-26(35)17-23)3-5-27(24)44-14-10-36-8-12-42-13-9-36/h3-6,15-20H,2,7-14H2,1H3,(H,39,40). The van der Waals surface area contributed by atoms with E-state index in [-0.39, 0.29) is 18.1 Å². The number of thiocarbonyl (C=S) groups is 1. The number of rotatable bonds is 13. The maximum atomic E-state index is 13.5. The van der Waals surface area contributed by atoms with E-state index in [2.05, 4.69) is 4.90 Å². The third kappa shape index (κ3) is 8.72. The molecule has 0 atom stereocenters. The molecule has 5 rings (SSSR count). The Labute approximate surface area is 286 Å². The molecular formula is C33H32Cl2N2O7S2. The zero-order valence-corrected chi connectivity index (χ0v) is 28.1. The monoisotopic (exact) mass is 702 g/mol. The average Bonchev–Trinajstić information content (AvgIpc) is 3.30. The predicted molar refractivity (Wildman–Crippen MR) is 185 cm³/mol. The van der Waals surface area contributed by atoms with Crippen molar-refractivity contribution in [3.63, 3.8) is 0 Å². The van der Waals surface area contributed by atoms with Gasteiger partial charge in [-0.2, -0.15) is 0 Å². The lowest BCUT2D eigenvalue weighted by molar-refractivity contribution is -0.122. The molecule has 9 nitrogen and oxygen atoms in total. The summed E-state index contributed by atoms with van der Waals surface area (Å²) in [5, 5.41) is 10.3. The fourth-order valence-electron chi connectivity index (χ4n) is 4.96. The molecule has 0 saturated carbocycles. The van der Waals surface area contributed by atoms with Crippen molar-refractivity contribution in [1.82, 2.24) is 9.80 Å². The number of hydrogen-bond acceptors (Lipinski definition) is 9. The van der Waals surface area contributed by atoms with Crippen LogP contribution in [0.15, 0.2) is 59.5 Å². The van der Waals surface area contributed by atoms with Crippen LogP contribution in [0.25, 0.3) is 17.2 Å². The van der Waals surface area contributed by atoms with Gasteiger partial charge in [0, 0.05) is 41.8 Å². The minimum absolute atomic E-state index is 0.0983. The first kappa shape index (κ1) is 34.0. The van der Waals surface area contributed by atoms with Crippen LogP contribution >= 0.6 is 47.2 Å². The molecule has 0 aromatic heterocycles. The third-order valence-corrected chi connectivity index (χ3v) is 9.14. The molecule has 2 saturated heterocycles. The Bertz CT molecular complexity index is 1630. The molecule has 0 unspecified atom stereocenters. The molecule has 46 heavy (non-hydrogen) atoms. The molecule has 3 aromatic carbocycles. The van der Waals surface area contributed by atoms with Crippen LogP contribution in [-0.2, 0) is 9.53 Å². The number of methoxy groups -OCH3 is 1. The highest BCUT2D eigenvalue weighted by atomic mass is 35.5. The highest BCUT2D eigenvalue weighted by Crippen LogP contribution is 2.37. The third-order valence-electron chi connectivity index (χ3n) is 7.33. The van der Waals surface area contributed by atoms with Crippen molar-refractivity contribution in [2.75, 3.05) is 59.7 Å². The van der Waals surface area contributed by atoms with Gasteiger partial charge in [-0.1, -0.05) is 53.2 Å². The molecule has 2 aliphatic heterocycles. The van der Waals surface area contributed by atoms with Crippen LogP contribution in [0.1, 0.15) is 22.3 Å². The van der Waals surface area contributed by atoms with Crippen molar-refractivity contribution in [3.05, 3.63) is 80.7 Å². The minimum atomic E-state index is -1.06. The van der Waals surface area contributed by atoms with Crippen molar-refractivity contribution >= 4 is 69.5 Å². The van der Waals surface area contributed by atoms with Crippen LogP contribution in [-0.4, -0.2) is 90.8 Å². The molecule has 2 fully saturated rings. The Morgan fingerprint density at radius 2 is 1.67 bits per heavy atom. The summed E-state index contributed by atoms with van der Waals surface area (Å²) in [5.74, 6) is 0.124. The van der Waals surface area contributed by atoms with E-state index in [0.717, 1.165) is 36.3 Å². The van der Waals surface area contributed by atoms with E-state index in [1.807, 2.05) is 36.4 Å². The zero-order valence-electron chi connectivity index (χ0n) is 25.0. The number of carbonyl (C=O) groups is 2. The molecule has 3 aromatic rings. The Kier molecular flexibility index (Phi) is 11.8. The van der Waals surface area contributed by atoms with E-state index in [9.17, 15) is 14.7 Å². The highest BCUT2D eigenvalue weighted by Gasteiger charge is 2.32. The number of carboxylic acid groups (broad SMARTS) is 1. The lowest BCUT2D eigenvalue weighted by atomic mass is 10.0. The molecular weight excluding hydrogens is 671 g/mol. The lowest BCUT2D eigenvalue weighted by Crippen LogP contribution is -2.38. The van der Waals surface area contributed by atoms with Gasteiger partial charge in [-0.05, 0) is 72.2 Å². The molecule has 2 aliphatic rings. The van der Waals surface area contributed by atoms with Crippen molar-refractivity contribution in [2.45, 2.75) is 6.42 Å². The Hall–Kier alpha value is -3.32. The summed E-state index contributed by atoms with van der Waals surface area (Å²) in [4.78, 5) is 29.1. The SMILES string of the molecule is COc1cc(C(=O)O)ccc1OCCCN1C(=O)C(=Cc2cc(-c3cc(Cl)cc(Cl)c3)ccc2OCCN2CCOCC2)SC1=S. The second kappa shape index (κ2) is 16.0. The van der Waals surface area contributed by atoms with Gasteiger partial charge in [-0.25, -0.2) is 4.79 Å². The molecule has 0 bridgehead atoms. The zero-order chi connectivity index (χ0) is 32.6. The van der Waals surface area contributed by atoms with Crippen LogP contribution < -0.4 is 14.2 Å². The number of benzene rings is 3. The average molecular weight is 704 g/mol. The van der Waals surface area contributed by atoms with Crippen LogP contribution in [0, 0.1) is 0 Å². The van der Waals surface area contributed by atoms with Crippen molar-refractivity contribution in [3.8, 4) is 28.4 Å². The van der Waals surface area contributed by atoms with E-state index in [1.165, 1.54) is 31.0 Å². The number of ether oxygens (including phenoxy) is 4. The molecule has 0 spiro atoms. The van der Waals surface area contributed by atoms with Gasteiger partial charge in [0.15, 0.2) is 11.5 Å². The number of thioether (sulfide) groups is 1. The predicted octanol–water partition coefficient (Wildman–Crippen LogP) is 6.75. The van der Waals surface area contributed by atoms with Gasteiger partial charge >= 0.3 is 5.97 Å². The van der Waals surface area contributed by atoms with Gasteiger partial charge in [-0.15, -0.1) is 0 Å². The van der Waals surface area contributed by atoms with Crippen molar-refractivity contribution in [1.29, 1.82) is 0 Å². The Morgan fingerprint density at radius 1 is 0.957 bits per heavy atom. The maximum absolute atomic E-state index is 13.5. The summed E-state index contributed by atoms with van der Waals surface area (Å²) in [7, 11) is 1.45. The number of amides is 1. The van der Waals surface area contributed by atoms with Gasteiger partial charge < -0.3 is 24.1 Å². The van der Waals surface area contributed by atoms with Gasteiger partial charge in [0.25, 0.3) is 5.91 Å². The summed E-state index contributed by atoms with van der Waals surface area (Å²) >= 11 is 19.4. The van der Waals surface area contributed by atoms with Gasteiger partial charge in [-0.3, -0.25) is 14.6 Å². The topological polar surface area (TPSA) is 97.8 Å². The van der Waals surface area contributed by atoms with Crippen molar-refractivity contribution in [2.24, 2.45) is 0 Å². The first-order chi connectivity index (χ1) is 22.2. The minimum Gasteiger partial charge on any atom is -0.493 e. The molecule has 0 radical (unpaired) electrons. The number of hydrogen-bond donors (Lipinski definition) is 1. The maximum Gasteiger partial charge on any atom is 0.335 e. The summed E-state index contributed by atoms with van der Waals surface area (Å²) in [6, 6.07) is 15.5. The molecule has 1 amide bonds. The fourth-order valence-corrected chi connectivity index (χ4v) is 6.79. The Morgan fingerprint density at radius 3 is 2.39 bits per heavy atom. The summed E-state index contributed by atoms with van der Waals surface area (Å²) in [5.41, 5.74) is 2.54. The quantitative estimate of drug-likeness (QED) is 0.117. The molecule has 0 aliphatic carbocycles. The number of morpholine rings is 1. The van der Waals surface area contributed by atoms with Crippen LogP contribution in [0.4, 0.5) is 0 Å². The Balaban J connectivity index is 1.29. The first-order valence-electron chi connectivity index (χ1n) is 14.5. The van der Waals surface area contributed by atoms with Gasteiger partial charge in [0.1, 0.15) is 16.7 Å². The number of carboxylic acids is 1. The fraction of sp³-hybridized carbons (Fsp3) is 0.303. The first-order valence-corrected chi connectivity index (χ1v) is 16.5. The number of halogens is 2. The van der Waals surface area contributed by atoms with Gasteiger partial charge in [0.05, 0.1) is 37.4 Å². The summed E-state index contributed by atoms with van der Waals surface area (Å²) < 4.78 is 23.2. The van der Waals surface area contributed by atoms with E-state index in [0.29, 0.717) is 69.3 Å². The van der Waals surface area contributed by atoms with Crippen molar-refractivity contribution < 1.29 is 33.6 Å². The second-order valence-corrected chi connectivity index (χ2v) is 13.0. The highest BCUT2D eigenvalue weighted by molar-refractivity contribution is 8.26. The molecule has 1 N–H and O–H groups in total. The molecule has 242 valence electrons. The van der Waals surface area contributed by atoms with Crippen LogP contribution in [0.3, 0.4) is 0 Å². The number of aromatic carboxylic acids is 1.